The summed E-state index contributed by atoms with van der Waals surface area (Å²) in [6.45, 7) is 3.63. The third-order valence-electron chi connectivity index (χ3n) is 7.73. The van der Waals surface area contributed by atoms with Gasteiger partial charge >= 0.3 is 12.4 Å². The zero-order chi connectivity index (χ0) is 32.1. The maximum absolute atomic E-state index is 14.2. The molecule has 1 aliphatic rings. The first-order chi connectivity index (χ1) is 19.8. The number of halogens is 8. The highest BCUT2D eigenvalue weighted by Crippen LogP contribution is 2.41. The number of nitrogens with zero attached hydrogens (tertiary/aromatic N) is 3. The van der Waals surface area contributed by atoms with E-state index in [0.717, 1.165) is 4.90 Å². The highest BCUT2D eigenvalue weighted by atomic mass is 19.4. The predicted molar refractivity (Wildman–Crippen MR) is 145 cm³/mol. The molecule has 1 N–H and O–H groups in total. The van der Waals surface area contributed by atoms with Gasteiger partial charge in [0, 0.05) is 19.0 Å². The van der Waals surface area contributed by atoms with E-state index in [2.05, 4.69) is 4.98 Å². The first-order valence-corrected chi connectivity index (χ1v) is 13.2. The molecule has 0 aliphatic carbocycles. The van der Waals surface area contributed by atoms with E-state index in [1.54, 1.807) is 11.8 Å². The molecule has 232 valence electrons. The summed E-state index contributed by atoms with van der Waals surface area (Å²) in [5, 5.41) is 9.76. The topological polar surface area (TPSA) is 56.7 Å². The maximum atomic E-state index is 14.2. The molecule has 0 radical (unpaired) electrons. The molecule has 0 spiro atoms. The third-order valence-corrected chi connectivity index (χ3v) is 7.73. The van der Waals surface area contributed by atoms with Gasteiger partial charge in [-0.3, -0.25) is 4.79 Å². The summed E-state index contributed by atoms with van der Waals surface area (Å²) < 4.78 is 110. The van der Waals surface area contributed by atoms with Crippen LogP contribution in [-0.4, -0.2) is 48.4 Å². The molecular weight excluding hydrogens is 586 g/mol. The number of alkyl halides is 7. The molecule has 43 heavy (non-hydrogen) atoms. The molecule has 2 unspecified atom stereocenters. The van der Waals surface area contributed by atoms with Crippen LogP contribution < -0.4 is 9.80 Å². The number of hydrogen-bond acceptors (Lipinski definition) is 4. The lowest BCUT2D eigenvalue weighted by molar-refractivity contribution is -0.143. The number of aromatic nitrogens is 1. The minimum atomic E-state index is -5.10. The number of carbonyl (C=O) groups excluding carboxylic acids is 1. The standard InChI is InChI=1S/C30H29F8N3O2/c1-16-7-20(31)5-6-23(16)24-12-26(41-14-21(32)11-22(41)15-42)39-13-25(24)40(4)27(43)28(2,3)17-8-18(29(33,34)35)10-19(9-17)30(36,37)38/h5-10,12-13,21-22,42H,11,14-15H2,1-4H3. The summed E-state index contributed by atoms with van der Waals surface area (Å²) in [5.41, 5.74) is -4.14. The van der Waals surface area contributed by atoms with Crippen molar-refractivity contribution in [1.29, 1.82) is 0 Å². The maximum Gasteiger partial charge on any atom is 0.416 e. The van der Waals surface area contributed by atoms with Crippen LogP contribution >= 0.6 is 0 Å². The Morgan fingerprint density at radius 3 is 2.09 bits per heavy atom. The van der Waals surface area contributed by atoms with Gasteiger partial charge in [-0.25, -0.2) is 13.8 Å². The Morgan fingerprint density at radius 1 is 0.977 bits per heavy atom. The number of likely N-dealkylation sites (N-methyl/N-ethyl adjacent to an activating group) is 1. The van der Waals surface area contributed by atoms with Gasteiger partial charge in [-0.2, -0.15) is 26.3 Å². The van der Waals surface area contributed by atoms with E-state index in [4.69, 9.17) is 0 Å². The van der Waals surface area contributed by atoms with E-state index in [9.17, 15) is 45.0 Å². The van der Waals surface area contributed by atoms with E-state index in [1.165, 1.54) is 51.4 Å². The van der Waals surface area contributed by atoms with Crippen molar-refractivity contribution >= 4 is 17.4 Å². The van der Waals surface area contributed by atoms with Gasteiger partial charge in [0.15, 0.2) is 0 Å². The number of carbonyl (C=O) groups is 1. The van der Waals surface area contributed by atoms with E-state index in [0.29, 0.717) is 28.8 Å². The summed E-state index contributed by atoms with van der Waals surface area (Å²) in [7, 11) is 1.30. The van der Waals surface area contributed by atoms with Crippen LogP contribution in [0.4, 0.5) is 46.6 Å². The Kier molecular flexibility index (Phi) is 8.53. The Balaban J connectivity index is 1.84. The van der Waals surface area contributed by atoms with Crippen LogP contribution in [0.2, 0.25) is 0 Å². The highest BCUT2D eigenvalue weighted by molar-refractivity contribution is 6.03. The fourth-order valence-corrected chi connectivity index (χ4v) is 5.29. The molecular formula is C30H29F8N3O2. The van der Waals surface area contributed by atoms with Crippen molar-refractivity contribution in [3.63, 3.8) is 0 Å². The molecule has 3 aromatic rings. The zero-order valence-corrected chi connectivity index (χ0v) is 23.6. The number of hydrogen-bond donors (Lipinski definition) is 1. The zero-order valence-electron chi connectivity index (χ0n) is 23.6. The van der Waals surface area contributed by atoms with Crippen LogP contribution in [0.3, 0.4) is 0 Å². The van der Waals surface area contributed by atoms with Crippen molar-refractivity contribution in [3.05, 3.63) is 76.7 Å². The highest BCUT2D eigenvalue weighted by Gasteiger charge is 2.41. The molecule has 4 rings (SSSR count). The van der Waals surface area contributed by atoms with Crippen LogP contribution in [0.5, 0.6) is 0 Å². The number of anilines is 2. The van der Waals surface area contributed by atoms with Gasteiger partial charge in [0.25, 0.3) is 0 Å². The van der Waals surface area contributed by atoms with Gasteiger partial charge in [0.1, 0.15) is 17.8 Å². The average molecular weight is 616 g/mol. The van der Waals surface area contributed by atoms with Crippen molar-refractivity contribution in [1.82, 2.24) is 4.98 Å². The van der Waals surface area contributed by atoms with Gasteiger partial charge in [0.05, 0.1) is 47.6 Å². The van der Waals surface area contributed by atoms with Crippen LogP contribution in [0.1, 0.15) is 42.5 Å². The summed E-state index contributed by atoms with van der Waals surface area (Å²) in [6.07, 6.45) is -10.1. The lowest BCUT2D eigenvalue weighted by atomic mass is 9.81. The summed E-state index contributed by atoms with van der Waals surface area (Å²) >= 11 is 0. The molecule has 0 saturated carbocycles. The number of aryl methyl sites for hydroxylation is 1. The van der Waals surface area contributed by atoms with Gasteiger partial charge in [-0.05, 0) is 73.9 Å². The van der Waals surface area contributed by atoms with E-state index in [1.807, 2.05) is 0 Å². The van der Waals surface area contributed by atoms with Gasteiger partial charge in [0.2, 0.25) is 5.91 Å². The molecule has 5 nitrogen and oxygen atoms in total. The van der Waals surface area contributed by atoms with Crippen LogP contribution in [0, 0.1) is 12.7 Å². The van der Waals surface area contributed by atoms with Crippen molar-refractivity contribution in [3.8, 4) is 11.1 Å². The first-order valence-electron chi connectivity index (χ1n) is 13.2. The molecule has 1 amide bonds. The van der Waals surface area contributed by atoms with Crippen molar-refractivity contribution in [2.24, 2.45) is 0 Å². The minimum absolute atomic E-state index is 0.00813. The minimum Gasteiger partial charge on any atom is -0.394 e. The number of benzene rings is 2. The second-order valence-corrected chi connectivity index (χ2v) is 11.1. The molecule has 2 atom stereocenters. The SMILES string of the molecule is Cc1cc(F)ccc1-c1cc(N2CC(F)CC2CO)ncc1N(C)C(=O)C(C)(C)c1cc(C(F)(F)F)cc(C(F)(F)F)c1. The molecule has 1 saturated heterocycles. The largest absolute Gasteiger partial charge is 0.416 e. The molecule has 1 aliphatic heterocycles. The lowest BCUT2D eigenvalue weighted by Gasteiger charge is -2.32. The third kappa shape index (κ3) is 6.46. The number of aliphatic hydroxyl groups excluding tert-OH is 1. The number of rotatable bonds is 6. The molecule has 1 fully saturated rings. The van der Waals surface area contributed by atoms with Crippen molar-refractivity contribution in [2.75, 3.05) is 30.0 Å². The Hall–Kier alpha value is -3.74. The first kappa shape index (κ1) is 32.2. The van der Waals surface area contributed by atoms with E-state index in [-0.39, 0.29) is 37.1 Å². The fourth-order valence-electron chi connectivity index (χ4n) is 5.29. The van der Waals surface area contributed by atoms with Gasteiger partial charge < -0.3 is 14.9 Å². The molecule has 1 aromatic heterocycles. The van der Waals surface area contributed by atoms with E-state index < -0.39 is 58.4 Å². The molecule has 2 heterocycles. The number of amides is 1. The Bertz CT molecular complexity index is 1490. The number of aliphatic hydroxyl groups is 1. The van der Waals surface area contributed by atoms with Crippen LogP contribution in [0.15, 0.2) is 48.7 Å². The smallest absolute Gasteiger partial charge is 0.394 e. The van der Waals surface area contributed by atoms with Crippen LogP contribution in [0.25, 0.3) is 11.1 Å². The summed E-state index contributed by atoms with van der Waals surface area (Å²) in [6, 6.07) is 5.86. The van der Waals surface area contributed by atoms with Gasteiger partial charge in [-0.15, -0.1) is 0 Å². The Labute approximate surface area is 242 Å². The predicted octanol–water partition coefficient (Wildman–Crippen LogP) is 7.08. The Morgan fingerprint density at radius 2 is 1.56 bits per heavy atom. The van der Waals surface area contributed by atoms with Crippen LogP contribution in [-0.2, 0) is 22.6 Å². The number of pyridine rings is 1. The molecule has 0 bridgehead atoms. The fraction of sp³-hybridized carbons (Fsp3) is 0.400. The normalized spacial score (nSPS) is 17.8. The van der Waals surface area contributed by atoms with Crippen molar-refractivity contribution in [2.45, 2.75) is 57.2 Å². The lowest BCUT2D eigenvalue weighted by Crippen LogP contribution is -2.42. The second kappa shape index (κ2) is 11.4. The van der Waals surface area contributed by atoms with Crippen molar-refractivity contribution < 1.29 is 45.0 Å². The summed E-state index contributed by atoms with van der Waals surface area (Å²) in [5.74, 6) is -1.13. The monoisotopic (exact) mass is 615 g/mol. The average Bonchev–Trinajstić information content (AvgIpc) is 3.31. The van der Waals surface area contributed by atoms with E-state index >= 15 is 0 Å². The molecule has 2 aromatic carbocycles. The molecule has 13 heteroatoms. The van der Waals surface area contributed by atoms with Gasteiger partial charge in [-0.1, -0.05) is 6.07 Å². The quantitative estimate of drug-likeness (QED) is 0.301. The summed E-state index contributed by atoms with van der Waals surface area (Å²) in [4.78, 5) is 20.9. The second-order valence-electron chi connectivity index (χ2n) is 11.1.